The van der Waals surface area contributed by atoms with E-state index >= 15 is 0 Å². The van der Waals surface area contributed by atoms with Crippen LogP contribution in [0.1, 0.15) is 5.89 Å². The third kappa shape index (κ3) is 3.77. The molecule has 2 aromatic rings. The van der Waals surface area contributed by atoms with Crippen molar-refractivity contribution in [3.63, 3.8) is 0 Å². The van der Waals surface area contributed by atoms with Gasteiger partial charge in [0.2, 0.25) is 5.89 Å². The number of oxazole rings is 1. The van der Waals surface area contributed by atoms with Crippen LogP contribution in [0, 0.1) is 2.88 Å². The van der Waals surface area contributed by atoms with Gasteiger partial charge in [-0.2, -0.15) is 0 Å². The number of hydrogen-bond acceptors (Lipinski definition) is 5. The van der Waals surface area contributed by atoms with Gasteiger partial charge < -0.3 is 14.5 Å². The van der Waals surface area contributed by atoms with E-state index in [2.05, 4.69) is 44.3 Å². The summed E-state index contributed by atoms with van der Waals surface area (Å²) in [5.41, 5.74) is 1.09. The third-order valence-electron chi connectivity index (χ3n) is 2.16. The number of aromatic nitrogens is 1. The van der Waals surface area contributed by atoms with Gasteiger partial charge in [-0.1, -0.05) is 0 Å². The van der Waals surface area contributed by atoms with Gasteiger partial charge in [-0.25, -0.2) is 4.98 Å². The molecule has 0 radical (unpaired) electrons. The van der Waals surface area contributed by atoms with E-state index in [4.69, 9.17) is 9.15 Å². The second-order valence-corrected chi connectivity index (χ2v) is 6.23. The van der Waals surface area contributed by atoms with Gasteiger partial charge in [0.1, 0.15) is 0 Å². The van der Waals surface area contributed by atoms with Crippen LogP contribution < -0.4 is 5.32 Å². The van der Waals surface area contributed by atoms with Crippen molar-refractivity contribution in [2.75, 3.05) is 20.3 Å². The highest BCUT2D eigenvalue weighted by Crippen LogP contribution is 2.26. The zero-order chi connectivity index (χ0) is 12.1. The van der Waals surface area contributed by atoms with Crippen molar-refractivity contribution in [3.8, 4) is 11.3 Å². The highest BCUT2D eigenvalue weighted by atomic mass is 127. The summed E-state index contributed by atoms with van der Waals surface area (Å²) < 4.78 is 11.8. The van der Waals surface area contributed by atoms with Crippen LogP contribution in [0.3, 0.4) is 0 Å². The van der Waals surface area contributed by atoms with E-state index in [0.717, 1.165) is 17.9 Å². The molecule has 2 heterocycles. The molecule has 1 N–H and O–H groups in total. The molecule has 2 rings (SSSR count). The minimum absolute atomic E-state index is 0.630. The zero-order valence-corrected chi connectivity index (χ0v) is 12.4. The molecule has 0 saturated carbocycles. The molecule has 0 amide bonds. The Hall–Kier alpha value is -0.440. The summed E-state index contributed by atoms with van der Waals surface area (Å²) in [6.07, 6.45) is 1.77. The largest absolute Gasteiger partial charge is 0.439 e. The fourth-order valence-corrected chi connectivity index (χ4v) is 2.67. The summed E-state index contributed by atoms with van der Waals surface area (Å²) in [5.74, 6) is 1.53. The predicted octanol–water partition coefficient (Wildman–Crippen LogP) is 2.74. The van der Waals surface area contributed by atoms with E-state index < -0.39 is 0 Å². The van der Waals surface area contributed by atoms with Gasteiger partial charge in [-0.3, -0.25) is 0 Å². The number of thiophene rings is 1. The summed E-state index contributed by atoms with van der Waals surface area (Å²) in [4.78, 5) is 4.23. The summed E-state index contributed by atoms with van der Waals surface area (Å²) in [5, 5.41) is 5.27. The standard InChI is InChI=1S/C11H13IN2O2S/c1-15-3-2-13-6-11-14-5-9(16-11)8-4-10(12)17-7-8/h4-5,7,13H,2-3,6H2,1H3. The Morgan fingerprint density at radius 3 is 3.18 bits per heavy atom. The monoisotopic (exact) mass is 364 g/mol. The fraction of sp³-hybridized carbons (Fsp3) is 0.364. The average Bonchev–Trinajstić information content (AvgIpc) is 2.93. The molecular weight excluding hydrogens is 351 g/mol. The van der Waals surface area contributed by atoms with Gasteiger partial charge >= 0.3 is 0 Å². The summed E-state index contributed by atoms with van der Waals surface area (Å²) in [6.45, 7) is 2.12. The van der Waals surface area contributed by atoms with Crippen LogP contribution >= 0.6 is 33.9 Å². The maximum absolute atomic E-state index is 5.65. The van der Waals surface area contributed by atoms with Gasteiger partial charge in [0.05, 0.1) is 22.2 Å². The highest BCUT2D eigenvalue weighted by Gasteiger charge is 2.07. The number of ether oxygens (including phenoxy) is 1. The maximum Gasteiger partial charge on any atom is 0.208 e. The number of halogens is 1. The fourth-order valence-electron chi connectivity index (χ4n) is 1.33. The second-order valence-electron chi connectivity index (χ2n) is 3.43. The van der Waals surface area contributed by atoms with Crippen LogP contribution in [0.25, 0.3) is 11.3 Å². The van der Waals surface area contributed by atoms with E-state index in [-0.39, 0.29) is 0 Å². The molecular formula is C11H13IN2O2S. The van der Waals surface area contributed by atoms with Gasteiger partial charge in [0.15, 0.2) is 5.76 Å². The highest BCUT2D eigenvalue weighted by molar-refractivity contribution is 14.1. The lowest BCUT2D eigenvalue weighted by Crippen LogP contribution is -2.18. The van der Waals surface area contributed by atoms with Crippen LogP contribution in [-0.2, 0) is 11.3 Å². The zero-order valence-electron chi connectivity index (χ0n) is 9.40. The van der Waals surface area contributed by atoms with Crippen molar-refractivity contribution in [1.29, 1.82) is 0 Å². The van der Waals surface area contributed by atoms with E-state index in [9.17, 15) is 0 Å². The van der Waals surface area contributed by atoms with Crippen molar-refractivity contribution in [1.82, 2.24) is 10.3 Å². The topological polar surface area (TPSA) is 47.3 Å². The molecule has 0 saturated heterocycles. The van der Waals surface area contributed by atoms with E-state index in [1.165, 1.54) is 2.88 Å². The quantitative estimate of drug-likeness (QED) is 0.633. The molecule has 2 aromatic heterocycles. The van der Waals surface area contributed by atoms with Gasteiger partial charge in [0, 0.05) is 24.6 Å². The van der Waals surface area contributed by atoms with Crippen LogP contribution in [0.5, 0.6) is 0 Å². The Morgan fingerprint density at radius 1 is 1.59 bits per heavy atom. The minimum atomic E-state index is 0.630. The molecule has 0 bridgehead atoms. The SMILES string of the molecule is COCCNCc1ncc(-c2csc(I)c2)o1. The second kappa shape index (κ2) is 6.48. The first kappa shape index (κ1) is 13.0. The van der Waals surface area contributed by atoms with Crippen molar-refractivity contribution >= 4 is 33.9 Å². The van der Waals surface area contributed by atoms with Crippen LogP contribution in [-0.4, -0.2) is 25.2 Å². The van der Waals surface area contributed by atoms with Crippen LogP contribution in [0.15, 0.2) is 22.1 Å². The first-order valence-corrected chi connectivity index (χ1v) is 7.14. The molecule has 0 aliphatic rings. The molecule has 0 aliphatic heterocycles. The molecule has 0 aromatic carbocycles. The number of hydrogen-bond donors (Lipinski definition) is 1. The Morgan fingerprint density at radius 2 is 2.47 bits per heavy atom. The van der Waals surface area contributed by atoms with Crippen molar-refractivity contribution in [2.45, 2.75) is 6.54 Å². The van der Waals surface area contributed by atoms with Crippen LogP contribution in [0.4, 0.5) is 0 Å². The van der Waals surface area contributed by atoms with Crippen molar-refractivity contribution in [2.24, 2.45) is 0 Å². The summed E-state index contributed by atoms with van der Waals surface area (Å²) >= 11 is 4.00. The lowest BCUT2D eigenvalue weighted by Gasteiger charge is -1.99. The lowest BCUT2D eigenvalue weighted by molar-refractivity contribution is 0.198. The molecule has 17 heavy (non-hydrogen) atoms. The molecule has 0 spiro atoms. The smallest absolute Gasteiger partial charge is 0.208 e. The van der Waals surface area contributed by atoms with Crippen molar-refractivity contribution < 1.29 is 9.15 Å². The summed E-state index contributed by atoms with van der Waals surface area (Å²) in [6, 6.07) is 2.09. The molecule has 0 aliphatic carbocycles. The molecule has 0 atom stereocenters. The molecule has 0 fully saturated rings. The first-order valence-electron chi connectivity index (χ1n) is 5.18. The number of nitrogens with zero attached hydrogens (tertiary/aromatic N) is 1. The number of rotatable bonds is 6. The Labute approximate surface area is 118 Å². The van der Waals surface area contributed by atoms with E-state index in [1.807, 2.05) is 0 Å². The van der Waals surface area contributed by atoms with Gasteiger partial charge in [-0.05, 0) is 28.7 Å². The molecule has 6 heteroatoms. The average molecular weight is 364 g/mol. The Kier molecular flexibility index (Phi) is 4.96. The van der Waals surface area contributed by atoms with E-state index in [0.29, 0.717) is 19.0 Å². The Bertz CT molecular complexity index is 469. The normalized spacial score (nSPS) is 10.9. The third-order valence-corrected chi connectivity index (χ3v) is 3.95. The molecule has 0 unspecified atom stereocenters. The maximum atomic E-state index is 5.65. The van der Waals surface area contributed by atoms with Crippen molar-refractivity contribution in [3.05, 3.63) is 26.4 Å². The Balaban J connectivity index is 1.92. The minimum Gasteiger partial charge on any atom is -0.439 e. The lowest BCUT2D eigenvalue weighted by atomic mass is 10.3. The van der Waals surface area contributed by atoms with E-state index in [1.54, 1.807) is 24.6 Å². The number of methoxy groups -OCH3 is 1. The molecule has 4 nitrogen and oxygen atoms in total. The summed E-state index contributed by atoms with van der Waals surface area (Å²) in [7, 11) is 1.68. The predicted molar refractivity (Wildman–Crippen MR) is 76.1 cm³/mol. The number of nitrogens with one attached hydrogen (secondary N) is 1. The first-order chi connectivity index (χ1) is 8.29. The van der Waals surface area contributed by atoms with Gasteiger partial charge in [0.25, 0.3) is 0 Å². The van der Waals surface area contributed by atoms with Gasteiger partial charge in [-0.15, -0.1) is 11.3 Å². The van der Waals surface area contributed by atoms with Crippen LogP contribution in [0.2, 0.25) is 0 Å². The molecule has 92 valence electrons.